The maximum Gasteiger partial charge on any atom is 0.273 e. The highest BCUT2D eigenvalue weighted by molar-refractivity contribution is 6.30. The van der Waals surface area contributed by atoms with Gasteiger partial charge >= 0.3 is 0 Å². The maximum absolute atomic E-state index is 12.5. The van der Waals surface area contributed by atoms with E-state index in [1.165, 1.54) is 6.20 Å². The molecule has 0 radical (unpaired) electrons. The van der Waals surface area contributed by atoms with E-state index in [4.69, 9.17) is 11.6 Å². The van der Waals surface area contributed by atoms with Gasteiger partial charge in [-0.05, 0) is 53.9 Å². The van der Waals surface area contributed by atoms with Gasteiger partial charge in [0, 0.05) is 29.0 Å². The molecule has 6 nitrogen and oxygen atoms in total. The number of aryl methyl sites for hydroxylation is 1. The van der Waals surface area contributed by atoms with Gasteiger partial charge in [-0.3, -0.25) is 14.7 Å². The van der Waals surface area contributed by atoms with Gasteiger partial charge in [-0.2, -0.15) is 5.10 Å². The summed E-state index contributed by atoms with van der Waals surface area (Å²) in [5, 5.41) is 9.94. The summed E-state index contributed by atoms with van der Waals surface area (Å²) in [5.41, 5.74) is 4.00. The Labute approximate surface area is 161 Å². The van der Waals surface area contributed by atoms with Crippen molar-refractivity contribution in [3.63, 3.8) is 0 Å². The molecule has 136 valence electrons. The molecule has 4 rings (SSSR count). The van der Waals surface area contributed by atoms with E-state index in [-0.39, 0.29) is 11.8 Å². The van der Waals surface area contributed by atoms with Gasteiger partial charge in [0.1, 0.15) is 5.69 Å². The molecule has 1 aliphatic rings. The standard InChI is InChI=1S/C20H17ClN4O2/c21-15-4-1-13(2-5-15)12-25-18-7-6-16(11-14(18)3-8-19(25)26)23-20(27)17-9-10-22-24-17/h1-2,4-7,9-11H,3,8,12H2,(H,22,24)(H,23,27). The van der Waals surface area contributed by atoms with Crippen LogP contribution >= 0.6 is 11.6 Å². The number of nitrogens with one attached hydrogen (secondary N) is 2. The minimum atomic E-state index is -0.252. The number of halogens is 1. The quantitative estimate of drug-likeness (QED) is 0.722. The van der Waals surface area contributed by atoms with Crippen molar-refractivity contribution in [2.24, 2.45) is 0 Å². The SMILES string of the molecule is O=C(Nc1ccc2c(c1)CCC(=O)N2Cc1ccc(Cl)cc1)c1ccn[nH]1. The smallest absolute Gasteiger partial charge is 0.273 e. The molecule has 0 unspecified atom stereocenters. The molecule has 0 spiro atoms. The third-order valence-electron chi connectivity index (χ3n) is 4.54. The van der Waals surface area contributed by atoms with E-state index in [1.807, 2.05) is 36.4 Å². The second kappa shape index (κ2) is 7.25. The Kier molecular flexibility index (Phi) is 4.64. The first kappa shape index (κ1) is 17.3. The zero-order chi connectivity index (χ0) is 18.8. The van der Waals surface area contributed by atoms with Gasteiger partial charge in [-0.1, -0.05) is 23.7 Å². The molecular weight excluding hydrogens is 364 g/mol. The third-order valence-corrected chi connectivity index (χ3v) is 4.79. The molecule has 0 bridgehead atoms. The molecule has 0 atom stereocenters. The van der Waals surface area contributed by atoms with Crippen LogP contribution in [0.1, 0.15) is 28.0 Å². The molecule has 27 heavy (non-hydrogen) atoms. The molecule has 1 aromatic heterocycles. The second-order valence-electron chi connectivity index (χ2n) is 6.37. The summed E-state index contributed by atoms with van der Waals surface area (Å²) in [5.74, 6) is -0.163. The molecule has 0 saturated heterocycles. The first-order valence-electron chi connectivity index (χ1n) is 8.58. The fourth-order valence-corrected chi connectivity index (χ4v) is 3.29. The molecule has 0 aliphatic carbocycles. The van der Waals surface area contributed by atoms with Crippen molar-refractivity contribution in [2.75, 3.05) is 10.2 Å². The van der Waals surface area contributed by atoms with Crippen molar-refractivity contribution in [3.8, 4) is 0 Å². The number of anilines is 2. The molecule has 2 amide bonds. The molecule has 0 saturated carbocycles. The largest absolute Gasteiger partial charge is 0.321 e. The molecule has 3 aromatic rings. The van der Waals surface area contributed by atoms with Crippen LogP contribution in [0.5, 0.6) is 0 Å². The molecule has 7 heteroatoms. The molecular formula is C20H17ClN4O2. The van der Waals surface area contributed by atoms with Gasteiger partial charge in [-0.25, -0.2) is 0 Å². The average Bonchev–Trinajstić information content (AvgIpc) is 3.21. The monoisotopic (exact) mass is 380 g/mol. The zero-order valence-electron chi connectivity index (χ0n) is 14.4. The van der Waals surface area contributed by atoms with Crippen molar-refractivity contribution in [1.29, 1.82) is 0 Å². The van der Waals surface area contributed by atoms with Crippen LogP contribution in [0.15, 0.2) is 54.7 Å². The molecule has 2 aromatic carbocycles. The lowest BCUT2D eigenvalue weighted by atomic mass is 9.99. The topological polar surface area (TPSA) is 78.1 Å². The van der Waals surface area contributed by atoms with E-state index in [1.54, 1.807) is 17.0 Å². The van der Waals surface area contributed by atoms with Gasteiger partial charge in [0.2, 0.25) is 5.91 Å². The molecule has 2 heterocycles. The number of nitrogens with zero attached hydrogens (tertiary/aromatic N) is 2. The number of H-pyrrole nitrogens is 1. The molecule has 0 fully saturated rings. The van der Waals surface area contributed by atoms with Crippen LogP contribution in [0.2, 0.25) is 5.02 Å². The van der Waals surface area contributed by atoms with Gasteiger partial charge < -0.3 is 10.2 Å². The number of rotatable bonds is 4. The summed E-state index contributed by atoms with van der Waals surface area (Å²) in [6, 6.07) is 14.7. The lowest BCUT2D eigenvalue weighted by Crippen LogP contribution is -2.34. The van der Waals surface area contributed by atoms with E-state index in [0.717, 1.165) is 16.8 Å². The Morgan fingerprint density at radius 2 is 1.96 bits per heavy atom. The fraction of sp³-hybridized carbons (Fsp3) is 0.150. The number of carbonyl (C=O) groups is 2. The number of aromatic amines is 1. The first-order chi connectivity index (χ1) is 13.1. The van der Waals surface area contributed by atoms with Crippen LogP contribution in [0.25, 0.3) is 0 Å². The Hall–Kier alpha value is -3.12. The first-order valence-corrected chi connectivity index (χ1v) is 8.96. The minimum Gasteiger partial charge on any atom is -0.321 e. The van der Waals surface area contributed by atoms with Gasteiger partial charge in [-0.15, -0.1) is 0 Å². The Morgan fingerprint density at radius 1 is 1.15 bits per heavy atom. The van der Waals surface area contributed by atoms with Gasteiger partial charge in [0.15, 0.2) is 0 Å². The van der Waals surface area contributed by atoms with Gasteiger partial charge in [0.25, 0.3) is 5.91 Å². The normalized spacial score (nSPS) is 13.4. The van der Waals surface area contributed by atoms with Crippen molar-refractivity contribution in [2.45, 2.75) is 19.4 Å². The number of carbonyl (C=O) groups excluding carboxylic acids is 2. The number of amides is 2. The maximum atomic E-state index is 12.5. The predicted molar refractivity (Wildman–Crippen MR) is 104 cm³/mol. The summed E-state index contributed by atoms with van der Waals surface area (Å²) in [7, 11) is 0. The van der Waals surface area contributed by atoms with E-state index in [9.17, 15) is 9.59 Å². The van der Waals surface area contributed by atoms with Crippen LogP contribution in [-0.2, 0) is 17.8 Å². The number of fused-ring (bicyclic) bond motifs is 1. The van der Waals surface area contributed by atoms with Crippen molar-refractivity contribution in [3.05, 3.63) is 76.6 Å². The minimum absolute atomic E-state index is 0.0895. The van der Waals surface area contributed by atoms with Crippen LogP contribution in [0, 0.1) is 0 Å². The highest BCUT2D eigenvalue weighted by Crippen LogP contribution is 2.31. The number of hydrogen-bond acceptors (Lipinski definition) is 3. The Balaban J connectivity index is 1.56. The zero-order valence-corrected chi connectivity index (χ0v) is 15.2. The predicted octanol–water partition coefficient (Wildman–Crippen LogP) is 3.79. The highest BCUT2D eigenvalue weighted by atomic mass is 35.5. The van der Waals surface area contributed by atoms with Crippen LogP contribution in [0.3, 0.4) is 0 Å². The van der Waals surface area contributed by atoms with Crippen LogP contribution in [-0.4, -0.2) is 22.0 Å². The summed E-state index contributed by atoms with van der Waals surface area (Å²) in [6.07, 6.45) is 2.62. The number of benzene rings is 2. The van der Waals surface area contributed by atoms with Crippen LogP contribution in [0.4, 0.5) is 11.4 Å². The summed E-state index contributed by atoms with van der Waals surface area (Å²) >= 11 is 5.94. The van der Waals surface area contributed by atoms with E-state index in [0.29, 0.717) is 35.8 Å². The fourth-order valence-electron chi connectivity index (χ4n) is 3.16. The summed E-state index contributed by atoms with van der Waals surface area (Å²) in [4.78, 5) is 26.4. The lowest BCUT2D eigenvalue weighted by Gasteiger charge is -2.30. The Bertz CT molecular complexity index is 984. The number of hydrogen-bond donors (Lipinski definition) is 2. The highest BCUT2D eigenvalue weighted by Gasteiger charge is 2.24. The van der Waals surface area contributed by atoms with Crippen LogP contribution < -0.4 is 10.2 Å². The number of aromatic nitrogens is 2. The second-order valence-corrected chi connectivity index (χ2v) is 6.81. The summed E-state index contributed by atoms with van der Waals surface area (Å²) < 4.78 is 0. The molecule has 1 aliphatic heterocycles. The van der Waals surface area contributed by atoms with Crippen molar-refractivity contribution < 1.29 is 9.59 Å². The Morgan fingerprint density at radius 3 is 2.70 bits per heavy atom. The van der Waals surface area contributed by atoms with Crippen molar-refractivity contribution >= 4 is 34.8 Å². The van der Waals surface area contributed by atoms with Crippen molar-refractivity contribution in [1.82, 2.24) is 10.2 Å². The average molecular weight is 381 g/mol. The lowest BCUT2D eigenvalue weighted by molar-refractivity contribution is -0.119. The van der Waals surface area contributed by atoms with E-state index < -0.39 is 0 Å². The summed E-state index contributed by atoms with van der Waals surface area (Å²) in [6.45, 7) is 0.489. The van der Waals surface area contributed by atoms with E-state index in [2.05, 4.69) is 15.5 Å². The molecule has 2 N–H and O–H groups in total. The van der Waals surface area contributed by atoms with E-state index >= 15 is 0 Å². The van der Waals surface area contributed by atoms with Gasteiger partial charge in [0.05, 0.1) is 6.54 Å². The third kappa shape index (κ3) is 3.71.